The predicted molar refractivity (Wildman–Crippen MR) is 67.9 cm³/mol. The third kappa shape index (κ3) is 2.43. The zero-order chi connectivity index (χ0) is 15.4. The Labute approximate surface area is 122 Å². The maximum Gasteiger partial charge on any atom is 0.350 e. The molecule has 0 aromatic carbocycles. The molecule has 0 bridgehead atoms. The van der Waals surface area contributed by atoms with E-state index in [1.54, 1.807) is 20.8 Å². The van der Waals surface area contributed by atoms with Crippen LogP contribution >= 0.6 is 0 Å². The van der Waals surface area contributed by atoms with Crippen molar-refractivity contribution < 1.29 is 33.3 Å². The first-order chi connectivity index (χ1) is 9.82. The van der Waals surface area contributed by atoms with E-state index in [0.717, 1.165) is 0 Å². The zero-order valence-electron chi connectivity index (χ0n) is 12.5. The van der Waals surface area contributed by atoms with E-state index in [-0.39, 0.29) is 5.92 Å². The molecule has 0 aliphatic carbocycles. The third-order valence-corrected chi connectivity index (χ3v) is 4.07. The SMILES string of the molecule is CCC(C)C(=O)O[C@@H]1C(=O)O[C@@H]2[C@H]3OC(C)(C)O[C@H]3O[C@@H]21. The molecule has 1 unspecified atom stereocenters. The molecule has 0 N–H and O–H groups in total. The van der Waals surface area contributed by atoms with Gasteiger partial charge in [-0.15, -0.1) is 0 Å². The molecule has 0 saturated carbocycles. The van der Waals surface area contributed by atoms with Crippen LogP contribution in [0, 0.1) is 5.92 Å². The van der Waals surface area contributed by atoms with Gasteiger partial charge in [0.2, 0.25) is 6.10 Å². The Morgan fingerprint density at radius 1 is 1.29 bits per heavy atom. The number of hydrogen-bond donors (Lipinski definition) is 0. The number of carbonyl (C=O) groups is 2. The Morgan fingerprint density at radius 3 is 2.67 bits per heavy atom. The number of carbonyl (C=O) groups excluding carboxylic acids is 2. The first-order valence-electron chi connectivity index (χ1n) is 7.24. The van der Waals surface area contributed by atoms with Crippen LogP contribution in [0.25, 0.3) is 0 Å². The molecule has 0 aromatic heterocycles. The van der Waals surface area contributed by atoms with Crippen molar-refractivity contribution in [3.63, 3.8) is 0 Å². The zero-order valence-corrected chi connectivity index (χ0v) is 12.5. The van der Waals surface area contributed by atoms with Crippen LogP contribution in [0.5, 0.6) is 0 Å². The predicted octanol–water partition coefficient (Wildman–Crippen LogP) is 0.746. The molecule has 7 nitrogen and oxygen atoms in total. The van der Waals surface area contributed by atoms with Crippen molar-refractivity contribution in [3.8, 4) is 0 Å². The van der Waals surface area contributed by atoms with Gasteiger partial charge >= 0.3 is 11.9 Å². The molecule has 0 amide bonds. The van der Waals surface area contributed by atoms with Gasteiger partial charge in [-0.3, -0.25) is 4.79 Å². The van der Waals surface area contributed by atoms with E-state index < -0.39 is 48.4 Å². The summed E-state index contributed by atoms with van der Waals surface area (Å²) in [6.07, 6.45) is -2.76. The summed E-state index contributed by atoms with van der Waals surface area (Å²) >= 11 is 0. The van der Waals surface area contributed by atoms with Crippen LogP contribution in [-0.4, -0.2) is 48.4 Å². The quantitative estimate of drug-likeness (QED) is 0.711. The Bertz CT molecular complexity index is 460. The van der Waals surface area contributed by atoms with Crippen molar-refractivity contribution in [1.82, 2.24) is 0 Å². The number of rotatable bonds is 3. The van der Waals surface area contributed by atoms with E-state index >= 15 is 0 Å². The Balaban J connectivity index is 1.70. The van der Waals surface area contributed by atoms with Gasteiger partial charge in [-0.2, -0.15) is 0 Å². The highest BCUT2D eigenvalue weighted by molar-refractivity contribution is 5.82. The summed E-state index contributed by atoms with van der Waals surface area (Å²) in [5.74, 6) is -2.07. The topological polar surface area (TPSA) is 80.3 Å². The van der Waals surface area contributed by atoms with Crippen molar-refractivity contribution in [2.24, 2.45) is 5.92 Å². The van der Waals surface area contributed by atoms with Crippen LogP contribution in [0.3, 0.4) is 0 Å². The minimum Gasteiger partial charge on any atom is -0.454 e. The summed E-state index contributed by atoms with van der Waals surface area (Å²) < 4.78 is 27.5. The second-order valence-electron chi connectivity index (χ2n) is 6.14. The first-order valence-corrected chi connectivity index (χ1v) is 7.24. The lowest BCUT2D eigenvalue weighted by Crippen LogP contribution is -2.38. The molecule has 3 aliphatic heterocycles. The lowest BCUT2D eigenvalue weighted by Gasteiger charge is -2.22. The molecule has 118 valence electrons. The fourth-order valence-electron chi connectivity index (χ4n) is 2.74. The first kappa shape index (κ1) is 14.7. The number of ether oxygens (including phenoxy) is 5. The van der Waals surface area contributed by atoms with Gasteiger partial charge in [0.25, 0.3) is 0 Å². The smallest absolute Gasteiger partial charge is 0.350 e. The molecule has 3 heterocycles. The van der Waals surface area contributed by atoms with Gasteiger partial charge in [-0.1, -0.05) is 13.8 Å². The maximum atomic E-state index is 11.9. The Kier molecular flexibility index (Phi) is 3.46. The summed E-state index contributed by atoms with van der Waals surface area (Å²) in [6.45, 7) is 7.16. The van der Waals surface area contributed by atoms with Gasteiger partial charge < -0.3 is 23.7 Å². The van der Waals surface area contributed by atoms with Crippen molar-refractivity contribution in [3.05, 3.63) is 0 Å². The van der Waals surface area contributed by atoms with Crippen molar-refractivity contribution in [1.29, 1.82) is 0 Å². The minimum absolute atomic E-state index is 0.274. The molecule has 3 saturated heterocycles. The molecule has 21 heavy (non-hydrogen) atoms. The van der Waals surface area contributed by atoms with E-state index in [1.165, 1.54) is 0 Å². The monoisotopic (exact) mass is 300 g/mol. The Hall–Kier alpha value is -1.18. The molecule has 3 rings (SSSR count). The number of hydrogen-bond acceptors (Lipinski definition) is 7. The van der Waals surface area contributed by atoms with Crippen molar-refractivity contribution >= 4 is 11.9 Å². The van der Waals surface area contributed by atoms with Crippen LogP contribution < -0.4 is 0 Å². The minimum atomic E-state index is -1.04. The summed E-state index contributed by atoms with van der Waals surface area (Å²) in [7, 11) is 0. The molecule has 6 atom stereocenters. The molecule has 0 radical (unpaired) electrons. The number of fused-ring (bicyclic) bond motifs is 3. The second-order valence-corrected chi connectivity index (χ2v) is 6.14. The van der Waals surface area contributed by atoms with Gasteiger partial charge in [-0.05, 0) is 20.3 Å². The van der Waals surface area contributed by atoms with Crippen molar-refractivity contribution in [2.45, 2.75) is 70.6 Å². The van der Waals surface area contributed by atoms with Crippen LogP contribution in [0.2, 0.25) is 0 Å². The molecule has 3 fully saturated rings. The van der Waals surface area contributed by atoms with Gasteiger partial charge in [0, 0.05) is 0 Å². The van der Waals surface area contributed by atoms with Crippen LogP contribution in [0.4, 0.5) is 0 Å². The average molecular weight is 300 g/mol. The fraction of sp³-hybridized carbons (Fsp3) is 0.857. The van der Waals surface area contributed by atoms with Gasteiger partial charge in [-0.25, -0.2) is 4.79 Å². The normalized spacial score (nSPS) is 41.3. The average Bonchev–Trinajstić information content (AvgIpc) is 2.97. The molecular weight excluding hydrogens is 280 g/mol. The maximum absolute atomic E-state index is 11.9. The summed E-state index contributed by atoms with van der Waals surface area (Å²) in [6, 6.07) is 0. The second kappa shape index (κ2) is 4.93. The van der Waals surface area contributed by atoms with Gasteiger partial charge in [0.15, 0.2) is 24.3 Å². The highest BCUT2D eigenvalue weighted by Crippen LogP contribution is 2.43. The van der Waals surface area contributed by atoms with E-state index in [0.29, 0.717) is 6.42 Å². The molecule has 7 heteroatoms. The third-order valence-electron chi connectivity index (χ3n) is 4.07. The lowest BCUT2D eigenvalue weighted by molar-refractivity contribution is -0.217. The number of esters is 2. The van der Waals surface area contributed by atoms with Gasteiger partial charge in [0.1, 0.15) is 6.10 Å². The standard InChI is InChI=1S/C14H20O7/c1-5-6(2)11(15)18-9-7-8(17-12(9)16)10-13(19-7)21-14(3,4)20-10/h6-10,13H,5H2,1-4H3/t6?,7-,8-,9-,10+,13+/m0/s1. The lowest BCUT2D eigenvalue weighted by atomic mass is 10.1. The highest BCUT2D eigenvalue weighted by Gasteiger charge is 2.64. The summed E-state index contributed by atoms with van der Waals surface area (Å²) in [5.41, 5.74) is 0. The fourth-order valence-corrected chi connectivity index (χ4v) is 2.74. The molecule has 3 aliphatic rings. The summed E-state index contributed by atoms with van der Waals surface area (Å²) in [5, 5.41) is 0. The van der Waals surface area contributed by atoms with Crippen molar-refractivity contribution in [2.75, 3.05) is 0 Å². The van der Waals surface area contributed by atoms with E-state index in [9.17, 15) is 9.59 Å². The molecule has 0 aromatic rings. The largest absolute Gasteiger partial charge is 0.454 e. The van der Waals surface area contributed by atoms with Gasteiger partial charge in [0.05, 0.1) is 5.92 Å². The van der Waals surface area contributed by atoms with Crippen LogP contribution in [0.15, 0.2) is 0 Å². The van der Waals surface area contributed by atoms with E-state index in [4.69, 9.17) is 23.7 Å². The Morgan fingerprint density at radius 2 is 2.00 bits per heavy atom. The van der Waals surface area contributed by atoms with Crippen LogP contribution in [0.1, 0.15) is 34.1 Å². The van der Waals surface area contributed by atoms with E-state index in [2.05, 4.69) is 0 Å². The summed E-state index contributed by atoms with van der Waals surface area (Å²) in [4.78, 5) is 23.8. The van der Waals surface area contributed by atoms with E-state index in [1.807, 2.05) is 6.92 Å². The highest BCUT2D eigenvalue weighted by atomic mass is 16.8. The van der Waals surface area contributed by atoms with Crippen LogP contribution in [-0.2, 0) is 33.3 Å². The molecule has 0 spiro atoms. The molecular formula is C14H20O7.